The van der Waals surface area contributed by atoms with E-state index in [0.29, 0.717) is 12.5 Å². The molecule has 8 heteroatoms. The second-order valence-electron chi connectivity index (χ2n) is 5.31. The predicted molar refractivity (Wildman–Crippen MR) is 73.3 cm³/mol. The Morgan fingerprint density at radius 2 is 2.10 bits per heavy atom. The van der Waals surface area contributed by atoms with Gasteiger partial charge >= 0.3 is 5.97 Å². The molecule has 2 unspecified atom stereocenters. The molecular formula is C12H16N2O4S2. The molecule has 0 spiro atoms. The molecule has 3 rings (SSSR count). The zero-order valence-electron chi connectivity index (χ0n) is 10.9. The highest BCUT2D eigenvalue weighted by atomic mass is 32.2. The minimum atomic E-state index is -3.73. The maximum absolute atomic E-state index is 12.7. The van der Waals surface area contributed by atoms with Crippen LogP contribution in [-0.2, 0) is 10.0 Å². The Hall–Kier alpha value is -0.990. The van der Waals surface area contributed by atoms with Crippen LogP contribution in [0.2, 0.25) is 0 Å². The fourth-order valence-electron chi connectivity index (χ4n) is 3.33. The van der Waals surface area contributed by atoms with Crippen molar-refractivity contribution in [2.45, 2.75) is 42.4 Å². The zero-order chi connectivity index (χ0) is 14.3. The molecular weight excluding hydrogens is 300 g/mol. The third-order valence-corrected chi connectivity index (χ3v) is 7.51. The maximum Gasteiger partial charge on any atom is 0.356 e. The highest BCUT2D eigenvalue weighted by Gasteiger charge is 2.44. The standard InChI is InChI=1S/C12H16N2O4S2/c15-11(16)10-12(19-7-13-10)20(17,18)14-6-5-8-3-1-2-4-9(8)14/h7-9H,1-6H2,(H,15,16). The minimum absolute atomic E-state index is 0.0393. The van der Waals surface area contributed by atoms with E-state index in [0.717, 1.165) is 43.4 Å². The van der Waals surface area contributed by atoms with E-state index in [1.807, 2.05) is 0 Å². The van der Waals surface area contributed by atoms with Crippen LogP contribution < -0.4 is 0 Å². The number of sulfonamides is 1. The topological polar surface area (TPSA) is 87.6 Å². The second kappa shape index (κ2) is 5.09. The molecule has 0 radical (unpaired) electrons. The average molecular weight is 316 g/mol. The molecule has 1 aliphatic carbocycles. The van der Waals surface area contributed by atoms with Crippen LogP contribution in [0.25, 0.3) is 0 Å². The molecule has 20 heavy (non-hydrogen) atoms. The van der Waals surface area contributed by atoms with Crippen molar-refractivity contribution < 1.29 is 18.3 Å². The number of carboxylic acid groups (broad SMARTS) is 1. The summed E-state index contributed by atoms with van der Waals surface area (Å²) in [6.07, 6.45) is 5.04. The Bertz CT molecular complexity index is 625. The predicted octanol–water partition coefficient (Wildman–Crippen LogP) is 1.79. The van der Waals surface area contributed by atoms with Crippen LogP contribution in [0.5, 0.6) is 0 Å². The number of carbonyl (C=O) groups is 1. The number of hydrogen-bond donors (Lipinski definition) is 1. The van der Waals surface area contributed by atoms with E-state index in [2.05, 4.69) is 4.98 Å². The Labute approximate surface area is 121 Å². The molecule has 2 aliphatic rings. The van der Waals surface area contributed by atoms with Crippen LogP contribution in [0, 0.1) is 5.92 Å². The number of thiazole rings is 1. The molecule has 0 aromatic carbocycles. The van der Waals surface area contributed by atoms with Crippen molar-refractivity contribution in [3.8, 4) is 0 Å². The van der Waals surface area contributed by atoms with Gasteiger partial charge in [-0.05, 0) is 25.2 Å². The van der Waals surface area contributed by atoms with Gasteiger partial charge in [0.2, 0.25) is 0 Å². The molecule has 2 heterocycles. The van der Waals surface area contributed by atoms with E-state index in [1.165, 1.54) is 9.82 Å². The van der Waals surface area contributed by atoms with Crippen LogP contribution >= 0.6 is 11.3 Å². The van der Waals surface area contributed by atoms with Crippen LogP contribution in [0.15, 0.2) is 9.72 Å². The fraction of sp³-hybridized carbons (Fsp3) is 0.667. The number of aromatic carboxylic acids is 1. The number of nitrogens with zero attached hydrogens (tertiary/aromatic N) is 2. The number of rotatable bonds is 3. The highest BCUT2D eigenvalue weighted by molar-refractivity contribution is 7.91. The largest absolute Gasteiger partial charge is 0.476 e. The third-order valence-electron chi connectivity index (χ3n) is 4.24. The molecule has 1 saturated carbocycles. The lowest BCUT2D eigenvalue weighted by Crippen LogP contribution is -2.39. The van der Waals surface area contributed by atoms with Gasteiger partial charge in [-0.25, -0.2) is 18.2 Å². The van der Waals surface area contributed by atoms with Crippen molar-refractivity contribution in [1.82, 2.24) is 9.29 Å². The quantitative estimate of drug-likeness (QED) is 0.918. The summed E-state index contributed by atoms with van der Waals surface area (Å²) in [5.41, 5.74) is 0.930. The monoisotopic (exact) mass is 316 g/mol. The van der Waals surface area contributed by atoms with Crippen molar-refractivity contribution in [2.75, 3.05) is 6.54 Å². The van der Waals surface area contributed by atoms with Gasteiger partial charge in [0.15, 0.2) is 9.90 Å². The molecule has 1 aromatic rings. The van der Waals surface area contributed by atoms with Gasteiger partial charge < -0.3 is 5.11 Å². The van der Waals surface area contributed by atoms with Crippen molar-refractivity contribution in [3.05, 3.63) is 11.2 Å². The molecule has 6 nitrogen and oxygen atoms in total. The lowest BCUT2D eigenvalue weighted by atomic mass is 9.86. The molecule has 0 amide bonds. The highest BCUT2D eigenvalue weighted by Crippen LogP contribution is 2.40. The third kappa shape index (κ3) is 2.15. The van der Waals surface area contributed by atoms with E-state index >= 15 is 0 Å². The molecule has 1 aliphatic heterocycles. The maximum atomic E-state index is 12.7. The first-order valence-electron chi connectivity index (χ1n) is 6.70. The van der Waals surface area contributed by atoms with Gasteiger partial charge in [-0.3, -0.25) is 0 Å². The van der Waals surface area contributed by atoms with Crippen LogP contribution in [-0.4, -0.2) is 41.4 Å². The van der Waals surface area contributed by atoms with Gasteiger partial charge in [-0.15, -0.1) is 11.3 Å². The van der Waals surface area contributed by atoms with Gasteiger partial charge in [0.25, 0.3) is 10.0 Å². The minimum Gasteiger partial charge on any atom is -0.476 e. The Morgan fingerprint density at radius 1 is 1.35 bits per heavy atom. The van der Waals surface area contributed by atoms with Gasteiger partial charge in [0.05, 0.1) is 5.51 Å². The van der Waals surface area contributed by atoms with Gasteiger partial charge in [0, 0.05) is 12.6 Å². The summed E-state index contributed by atoms with van der Waals surface area (Å²) in [4.78, 5) is 14.8. The van der Waals surface area contributed by atoms with Gasteiger partial charge in [-0.1, -0.05) is 12.8 Å². The summed E-state index contributed by atoms with van der Waals surface area (Å²) in [5.74, 6) is -0.857. The first-order chi connectivity index (χ1) is 9.51. The normalized spacial score (nSPS) is 27.4. The number of aromatic nitrogens is 1. The summed E-state index contributed by atoms with van der Waals surface area (Å²) < 4.78 is 26.8. The van der Waals surface area contributed by atoms with Crippen molar-refractivity contribution in [3.63, 3.8) is 0 Å². The summed E-state index contributed by atoms with van der Waals surface area (Å²) in [6.45, 7) is 0.495. The molecule has 1 aromatic heterocycles. The average Bonchev–Trinajstić information content (AvgIpc) is 3.06. The molecule has 2 atom stereocenters. The molecule has 2 fully saturated rings. The van der Waals surface area contributed by atoms with Gasteiger partial charge in [0.1, 0.15) is 0 Å². The second-order valence-corrected chi connectivity index (χ2v) is 8.25. The van der Waals surface area contributed by atoms with E-state index in [4.69, 9.17) is 5.11 Å². The van der Waals surface area contributed by atoms with Crippen molar-refractivity contribution in [1.29, 1.82) is 0 Å². The lowest BCUT2D eigenvalue weighted by molar-refractivity contribution is 0.0687. The molecule has 110 valence electrons. The number of carboxylic acids is 1. The summed E-state index contributed by atoms with van der Waals surface area (Å²) in [7, 11) is -3.73. The Balaban J connectivity index is 1.96. The molecule has 1 saturated heterocycles. The summed E-state index contributed by atoms with van der Waals surface area (Å²) in [5, 5.41) is 9.05. The first kappa shape index (κ1) is 14.0. The molecule has 1 N–H and O–H groups in total. The first-order valence-corrected chi connectivity index (χ1v) is 9.02. The van der Waals surface area contributed by atoms with E-state index in [1.54, 1.807) is 0 Å². The smallest absolute Gasteiger partial charge is 0.356 e. The SMILES string of the molecule is O=C(O)c1ncsc1S(=O)(=O)N1CCC2CCCCC21. The van der Waals surface area contributed by atoms with Crippen LogP contribution in [0.1, 0.15) is 42.6 Å². The summed E-state index contributed by atoms with van der Waals surface area (Å²) in [6, 6.07) is 0.0393. The lowest BCUT2D eigenvalue weighted by Gasteiger charge is -2.30. The van der Waals surface area contributed by atoms with Crippen LogP contribution in [0.3, 0.4) is 0 Å². The Morgan fingerprint density at radius 3 is 2.85 bits per heavy atom. The number of fused-ring (bicyclic) bond motifs is 1. The summed E-state index contributed by atoms with van der Waals surface area (Å²) >= 11 is 0.889. The van der Waals surface area contributed by atoms with Crippen molar-refractivity contribution in [2.24, 2.45) is 5.92 Å². The zero-order valence-corrected chi connectivity index (χ0v) is 12.5. The van der Waals surface area contributed by atoms with Crippen molar-refractivity contribution >= 4 is 27.3 Å². The molecule has 0 bridgehead atoms. The van der Waals surface area contributed by atoms with Gasteiger partial charge in [-0.2, -0.15) is 4.31 Å². The van der Waals surface area contributed by atoms with E-state index in [9.17, 15) is 13.2 Å². The van der Waals surface area contributed by atoms with E-state index < -0.39 is 16.0 Å². The Kier molecular flexibility index (Phi) is 3.55. The fourth-order valence-corrected chi connectivity index (χ4v) is 6.31. The van der Waals surface area contributed by atoms with E-state index in [-0.39, 0.29) is 15.9 Å². The van der Waals surface area contributed by atoms with Crippen LogP contribution in [0.4, 0.5) is 0 Å². The number of hydrogen-bond acceptors (Lipinski definition) is 5.